The van der Waals surface area contributed by atoms with Crippen molar-refractivity contribution in [3.63, 3.8) is 0 Å². The van der Waals surface area contributed by atoms with Crippen molar-refractivity contribution in [2.45, 2.75) is 50.6 Å². The molecular formula is C10H20N2. The highest BCUT2D eigenvalue weighted by molar-refractivity contribution is 4.99. The molecule has 0 radical (unpaired) electrons. The van der Waals surface area contributed by atoms with E-state index in [9.17, 15) is 0 Å². The van der Waals surface area contributed by atoms with Gasteiger partial charge in [-0.25, -0.2) is 0 Å². The second-order valence-corrected chi connectivity index (χ2v) is 4.45. The standard InChI is InChI=1S/C10H20N2/c1-10(6-2-3-8-12-10)9-5-4-7-11-9/h9,11-12H,2-8H2,1H3. The summed E-state index contributed by atoms with van der Waals surface area (Å²) in [5, 5.41) is 7.28. The van der Waals surface area contributed by atoms with Gasteiger partial charge in [0.2, 0.25) is 0 Å². The minimum absolute atomic E-state index is 0.398. The van der Waals surface area contributed by atoms with Crippen molar-refractivity contribution in [1.82, 2.24) is 10.6 Å². The largest absolute Gasteiger partial charge is 0.312 e. The fraction of sp³-hybridized carbons (Fsp3) is 1.00. The first kappa shape index (κ1) is 8.52. The molecule has 2 unspecified atom stereocenters. The van der Waals surface area contributed by atoms with E-state index in [2.05, 4.69) is 17.6 Å². The predicted molar refractivity (Wildman–Crippen MR) is 51.3 cm³/mol. The van der Waals surface area contributed by atoms with Crippen molar-refractivity contribution in [3.8, 4) is 0 Å². The number of hydrogen-bond acceptors (Lipinski definition) is 2. The fourth-order valence-corrected chi connectivity index (χ4v) is 2.61. The smallest absolute Gasteiger partial charge is 0.0306 e. The SMILES string of the molecule is CC1(C2CCCN2)CCCCN1. The predicted octanol–water partition coefficient (Wildman–Crippen LogP) is 1.27. The summed E-state index contributed by atoms with van der Waals surface area (Å²) in [4.78, 5) is 0. The first-order valence-electron chi connectivity index (χ1n) is 5.30. The van der Waals surface area contributed by atoms with Crippen LogP contribution in [-0.2, 0) is 0 Å². The molecule has 2 nitrogen and oxygen atoms in total. The van der Waals surface area contributed by atoms with Crippen LogP contribution in [0.2, 0.25) is 0 Å². The van der Waals surface area contributed by atoms with E-state index in [4.69, 9.17) is 0 Å². The van der Waals surface area contributed by atoms with Gasteiger partial charge < -0.3 is 10.6 Å². The summed E-state index contributed by atoms with van der Waals surface area (Å²) >= 11 is 0. The molecule has 0 amide bonds. The Kier molecular flexibility index (Phi) is 2.37. The zero-order valence-electron chi connectivity index (χ0n) is 8.03. The number of hydrogen-bond donors (Lipinski definition) is 2. The second kappa shape index (κ2) is 3.35. The third-order valence-electron chi connectivity index (χ3n) is 3.48. The fourth-order valence-electron chi connectivity index (χ4n) is 2.61. The molecule has 2 fully saturated rings. The molecule has 0 aliphatic carbocycles. The van der Waals surface area contributed by atoms with Crippen LogP contribution in [0, 0.1) is 0 Å². The van der Waals surface area contributed by atoms with Crippen LogP contribution in [0.25, 0.3) is 0 Å². The van der Waals surface area contributed by atoms with E-state index in [1.54, 1.807) is 0 Å². The Bertz CT molecular complexity index is 144. The lowest BCUT2D eigenvalue weighted by atomic mass is 9.83. The molecule has 0 saturated carbocycles. The number of nitrogens with one attached hydrogen (secondary N) is 2. The monoisotopic (exact) mass is 168 g/mol. The molecule has 2 aliphatic rings. The topological polar surface area (TPSA) is 24.1 Å². The third-order valence-corrected chi connectivity index (χ3v) is 3.48. The Labute approximate surface area is 75.1 Å². The zero-order chi connectivity index (χ0) is 8.44. The molecule has 0 bridgehead atoms. The van der Waals surface area contributed by atoms with Gasteiger partial charge in [0.05, 0.1) is 0 Å². The first-order chi connectivity index (χ1) is 5.81. The third kappa shape index (κ3) is 1.50. The van der Waals surface area contributed by atoms with E-state index in [0.717, 1.165) is 6.04 Å². The van der Waals surface area contributed by atoms with Gasteiger partial charge in [0.15, 0.2) is 0 Å². The summed E-state index contributed by atoms with van der Waals surface area (Å²) in [5.41, 5.74) is 0.398. The van der Waals surface area contributed by atoms with Crippen molar-refractivity contribution in [1.29, 1.82) is 0 Å². The average Bonchev–Trinajstić information content (AvgIpc) is 2.58. The molecule has 2 heterocycles. The molecular weight excluding hydrogens is 148 g/mol. The summed E-state index contributed by atoms with van der Waals surface area (Å²) in [6.45, 7) is 4.83. The Morgan fingerprint density at radius 2 is 2.08 bits per heavy atom. The van der Waals surface area contributed by atoms with E-state index in [-0.39, 0.29) is 0 Å². The van der Waals surface area contributed by atoms with E-state index < -0.39 is 0 Å². The molecule has 2 rings (SSSR count). The van der Waals surface area contributed by atoms with E-state index in [1.807, 2.05) is 0 Å². The zero-order valence-corrected chi connectivity index (χ0v) is 8.03. The lowest BCUT2D eigenvalue weighted by molar-refractivity contribution is 0.217. The summed E-state index contributed by atoms with van der Waals surface area (Å²) in [7, 11) is 0. The molecule has 2 N–H and O–H groups in total. The Balaban J connectivity index is 1.97. The highest BCUT2D eigenvalue weighted by Crippen LogP contribution is 2.26. The molecule has 0 aromatic heterocycles. The van der Waals surface area contributed by atoms with Gasteiger partial charge in [-0.3, -0.25) is 0 Å². The van der Waals surface area contributed by atoms with Crippen molar-refractivity contribution in [2.75, 3.05) is 13.1 Å². The summed E-state index contributed by atoms with van der Waals surface area (Å²) in [6, 6.07) is 0.734. The Morgan fingerprint density at radius 1 is 1.17 bits per heavy atom. The van der Waals surface area contributed by atoms with Gasteiger partial charge >= 0.3 is 0 Å². The van der Waals surface area contributed by atoms with E-state index in [0.29, 0.717) is 5.54 Å². The molecule has 2 atom stereocenters. The highest BCUT2D eigenvalue weighted by atomic mass is 15.1. The number of rotatable bonds is 1. The molecule has 12 heavy (non-hydrogen) atoms. The van der Waals surface area contributed by atoms with Crippen molar-refractivity contribution in [2.24, 2.45) is 0 Å². The molecule has 2 aliphatic heterocycles. The van der Waals surface area contributed by atoms with Gasteiger partial charge in [-0.2, -0.15) is 0 Å². The van der Waals surface area contributed by atoms with Crippen LogP contribution in [0.5, 0.6) is 0 Å². The molecule has 2 saturated heterocycles. The van der Waals surface area contributed by atoms with Crippen molar-refractivity contribution >= 4 is 0 Å². The van der Waals surface area contributed by atoms with Crippen LogP contribution in [0.15, 0.2) is 0 Å². The maximum atomic E-state index is 3.67. The lowest BCUT2D eigenvalue weighted by Gasteiger charge is -2.40. The van der Waals surface area contributed by atoms with Crippen molar-refractivity contribution in [3.05, 3.63) is 0 Å². The van der Waals surface area contributed by atoms with E-state index >= 15 is 0 Å². The first-order valence-corrected chi connectivity index (χ1v) is 5.30. The average molecular weight is 168 g/mol. The normalized spacial score (nSPS) is 43.2. The van der Waals surface area contributed by atoms with Crippen LogP contribution >= 0.6 is 0 Å². The van der Waals surface area contributed by atoms with E-state index in [1.165, 1.54) is 45.2 Å². The van der Waals surface area contributed by atoms with Gasteiger partial charge in [0.1, 0.15) is 0 Å². The summed E-state index contributed by atoms with van der Waals surface area (Å²) in [5.74, 6) is 0. The van der Waals surface area contributed by atoms with Gasteiger partial charge in [-0.15, -0.1) is 0 Å². The second-order valence-electron chi connectivity index (χ2n) is 4.45. The lowest BCUT2D eigenvalue weighted by Crippen LogP contribution is -2.57. The Morgan fingerprint density at radius 3 is 2.67 bits per heavy atom. The molecule has 0 aromatic rings. The van der Waals surface area contributed by atoms with Gasteiger partial charge in [-0.05, 0) is 45.7 Å². The van der Waals surface area contributed by atoms with Crippen LogP contribution in [0.1, 0.15) is 39.0 Å². The molecule has 70 valence electrons. The van der Waals surface area contributed by atoms with Gasteiger partial charge in [-0.1, -0.05) is 6.42 Å². The Hall–Kier alpha value is -0.0800. The number of piperidine rings is 1. The van der Waals surface area contributed by atoms with Gasteiger partial charge in [0, 0.05) is 11.6 Å². The van der Waals surface area contributed by atoms with Crippen LogP contribution < -0.4 is 10.6 Å². The van der Waals surface area contributed by atoms with Crippen LogP contribution in [-0.4, -0.2) is 24.7 Å². The van der Waals surface area contributed by atoms with Crippen LogP contribution in [0.4, 0.5) is 0 Å². The maximum Gasteiger partial charge on any atom is 0.0306 e. The summed E-state index contributed by atoms with van der Waals surface area (Å²) < 4.78 is 0. The molecule has 2 heteroatoms. The molecule has 0 spiro atoms. The van der Waals surface area contributed by atoms with Gasteiger partial charge in [0.25, 0.3) is 0 Å². The minimum Gasteiger partial charge on any atom is -0.312 e. The van der Waals surface area contributed by atoms with Crippen LogP contribution in [0.3, 0.4) is 0 Å². The molecule has 0 aromatic carbocycles. The minimum atomic E-state index is 0.398. The maximum absolute atomic E-state index is 3.67. The summed E-state index contributed by atoms with van der Waals surface area (Å²) in [6.07, 6.45) is 6.85. The quantitative estimate of drug-likeness (QED) is 0.616. The highest BCUT2D eigenvalue weighted by Gasteiger charge is 2.36. The van der Waals surface area contributed by atoms with Crippen molar-refractivity contribution < 1.29 is 0 Å².